The second-order valence-corrected chi connectivity index (χ2v) is 10.6. The smallest absolute Gasteiger partial charge is 0.331 e. The van der Waals surface area contributed by atoms with Crippen LogP contribution in [0.15, 0.2) is 54.6 Å². The van der Waals surface area contributed by atoms with Gasteiger partial charge in [0, 0.05) is 19.2 Å². The number of thiazole rings is 1. The van der Waals surface area contributed by atoms with Crippen molar-refractivity contribution in [3.8, 4) is 0 Å². The van der Waals surface area contributed by atoms with Gasteiger partial charge in [-0.25, -0.2) is 9.78 Å². The van der Waals surface area contributed by atoms with Gasteiger partial charge in [0.15, 0.2) is 0 Å². The van der Waals surface area contributed by atoms with Gasteiger partial charge in [-0.05, 0) is 76.1 Å². The first-order valence-electron chi connectivity index (χ1n) is 11.5. The number of piperidine rings is 1. The van der Waals surface area contributed by atoms with E-state index in [0.717, 1.165) is 52.3 Å². The van der Waals surface area contributed by atoms with Gasteiger partial charge in [-0.3, -0.25) is 0 Å². The van der Waals surface area contributed by atoms with Crippen molar-refractivity contribution in [2.24, 2.45) is 0 Å². The number of fused-ring (bicyclic) bond motifs is 1. The second kappa shape index (κ2) is 10.2. The molecule has 1 aliphatic heterocycles. The van der Waals surface area contributed by atoms with E-state index in [4.69, 9.17) is 14.5 Å². The van der Waals surface area contributed by atoms with Crippen molar-refractivity contribution in [3.05, 3.63) is 70.7 Å². The number of carbonyl (C=O) groups is 1. The van der Waals surface area contributed by atoms with Gasteiger partial charge in [0.2, 0.25) is 0 Å². The molecule has 174 valence electrons. The molecular formula is C27H32N2O3S. The van der Waals surface area contributed by atoms with E-state index < -0.39 is 5.60 Å². The lowest BCUT2D eigenvalue weighted by Crippen LogP contribution is -2.35. The Kier molecular flexibility index (Phi) is 7.27. The maximum atomic E-state index is 12.1. The van der Waals surface area contributed by atoms with Crippen molar-refractivity contribution in [2.45, 2.75) is 51.4 Å². The third-order valence-corrected chi connectivity index (χ3v) is 6.64. The molecule has 1 saturated heterocycles. The standard InChI is InChI=1S/C27H32N2O3S/c1-27(2,3)32-24(30)13-12-19-8-7-9-20(18-19)25(31-21-14-16-29(4)17-15-21)26-28-22-10-5-6-11-23(22)33-26/h5-13,18,21,25H,14-17H2,1-4H3. The van der Waals surface area contributed by atoms with Crippen LogP contribution >= 0.6 is 11.3 Å². The average molecular weight is 465 g/mol. The molecule has 0 amide bonds. The summed E-state index contributed by atoms with van der Waals surface area (Å²) >= 11 is 1.68. The van der Waals surface area contributed by atoms with E-state index in [0.29, 0.717) is 0 Å². The van der Waals surface area contributed by atoms with E-state index >= 15 is 0 Å². The Morgan fingerprint density at radius 1 is 1.15 bits per heavy atom. The zero-order valence-electron chi connectivity index (χ0n) is 19.8. The summed E-state index contributed by atoms with van der Waals surface area (Å²) in [7, 11) is 2.15. The van der Waals surface area contributed by atoms with Crippen molar-refractivity contribution in [3.63, 3.8) is 0 Å². The van der Waals surface area contributed by atoms with Crippen LogP contribution in [0.4, 0.5) is 0 Å². The Hall–Kier alpha value is -2.54. The van der Waals surface area contributed by atoms with E-state index in [9.17, 15) is 4.79 Å². The van der Waals surface area contributed by atoms with Crippen molar-refractivity contribution >= 4 is 33.6 Å². The Balaban J connectivity index is 1.61. The number of aromatic nitrogens is 1. The SMILES string of the molecule is CN1CCC(OC(c2cccc(C=CC(=O)OC(C)(C)C)c2)c2nc3ccccc3s2)CC1. The van der Waals surface area contributed by atoms with Crippen LogP contribution < -0.4 is 0 Å². The molecule has 5 nitrogen and oxygen atoms in total. The Labute approximate surface area is 200 Å². The van der Waals surface area contributed by atoms with Crippen LogP contribution in [0.5, 0.6) is 0 Å². The highest BCUT2D eigenvalue weighted by molar-refractivity contribution is 7.18. The van der Waals surface area contributed by atoms with E-state index in [1.807, 2.05) is 51.1 Å². The molecule has 1 atom stereocenters. The number of ether oxygens (including phenoxy) is 2. The topological polar surface area (TPSA) is 51.7 Å². The summed E-state index contributed by atoms with van der Waals surface area (Å²) in [6.07, 6.45) is 5.24. The molecule has 4 rings (SSSR count). The lowest BCUT2D eigenvalue weighted by molar-refractivity contribution is -0.148. The average Bonchev–Trinajstić information content (AvgIpc) is 3.20. The number of para-hydroxylation sites is 1. The van der Waals surface area contributed by atoms with Crippen LogP contribution in [0.3, 0.4) is 0 Å². The molecule has 0 saturated carbocycles. The summed E-state index contributed by atoms with van der Waals surface area (Å²) in [4.78, 5) is 19.4. The number of nitrogens with zero attached hydrogens (tertiary/aromatic N) is 2. The van der Waals surface area contributed by atoms with Crippen LogP contribution in [0.2, 0.25) is 0 Å². The van der Waals surface area contributed by atoms with Gasteiger partial charge in [-0.1, -0.05) is 30.3 Å². The largest absolute Gasteiger partial charge is 0.457 e. The highest BCUT2D eigenvalue weighted by Crippen LogP contribution is 2.35. The molecule has 1 unspecified atom stereocenters. The van der Waals surface area contributed by atoms with E-state index in [1.165, 1.54) is 6.08 Å². The summed E-state index contributed by atoms with van der Waals surface area (Å²) in [5.74, 6) is -0.349. The number of carbonyl (C=O) groups excluding carboxylic acids is 1. The molecule has 0 aliphatic carbocycles. The Morgan fingerprint density at radius 2 is 1.91 bits per heavy atom. The van der Waals surface area contributed by atoms with Gasteiger partial charge < -0.3 is 14.4 Å². The van der Waals surface area contributed by atoms with Gasteiger partial charge in [-0.2, -0.15) is 0 Å². The normalized spacial score (nSPS) is 17.0. The first-order valence-corrected chi connectivity index (χ1v) is 12.3. The minimum atomic E-state index is -0.511. The molecule has 1 aliphatic rings. The lowest BCUT2D eigenvalue weighted by atomic mass is 10.0. The zero-order chi connectivity index (χ0) is 23.4. The van der Waals surface area contributed by atoms with Gasteiger partial charge in [-0.15, -0.1) is 11.3 Å². The first kappa shape index (κ1) is 23.6. The molecule has 0 spiro atoms. The highest BCUT2D eigenvalue weighted by Gasteiger charge is 2.26. The maximum Gasteiger partial charge on any atom is 0.331 e. The fourth-order valence-corrected chi connectivity index (χ4v) is 4.95. The second-order valence-electron chi connectivity index (χ2n) is 9.58. The monoisotopic (exact) mass is 464 g/mol. The zero-order valence-corrected chi connectivity index (χ0v) is 20.6. The number of likely N-dealkylation sites (tertiary alicyclic amines) is 1. The van der Waals surface area contributed by atoms with Crippen molar-refractivity contribution in [1.29, 1.82) is 0 Å². The summed E-state index contributed by atoms with van der Waals surface area (Å²) in [6, 6.07) is 16.3. The van der Waals surface area contributed by atoms with Crippen LogP contribution in [0.1, 0.15) is 55.9 Å². The molecule has 33 heavy (non-hydrogen) atoms. The number of esters is 1. The van der Waals surface area contributed by atoms with Gasteiger partial charge >= 0.3 is 5.97 Å². The molecule has 1 fully saturated rings. The minimum absolute atomic E-state index is 0.194. The maximum absolute atomic E-state index is 12.1. The van der Waals surface area contributed by atoms with E-state index in [2.05, 4.69) is 30.1 Å². The third kappa shape index (κ3) is 6.50. The molecule has 0 N–H and O–H groups in total. The molecule has 3 aromatic rings. The van der Waals surface area contributed by atoms with E-state index in [1.54, 1.807) is 17.4 Å². The highest BCUT2D eigenvalue weighted by atomic mass is 32.1. The van der Waals surface area contributed by atoms with Gasteiger partial charge in [0.05, 0.1) is 16.3 Å². The predicted octanol–water partition coefficient (Wildman–Crippen LogP) is 5.85. The lowest BCUT2D eigenvalue weighted by Gasteiger charge is -2.31. The van der Waals surface area contributed by atoms with E-state index in [-0.39, 0.29) is 18.2 Å². The number of hydrogen-bond acceptors (Lipinski definition) is 6. The fourth-order valence-electron chi connectivity index (χ4n) is 3.92. The minimum Gasteiger partial charge on any atom is -0.457 e. The van der Waals surface area contributed by atoms with Gasteiger partial charge in [0.25, 0.3) is 0 Å². The van der Waals surface area contributed by atoms with Gasteiger partial charge in [0.1, 0.15) is 16.7 Å². The van der Waals surface area contributed by atoms with Crippen LogP contribution in [0.25, 0.3) is 16.3 Å². The van der Waals surface area contributed by atoms with Crippen LogP contribution in [0, 0.1) is 0 Å². The van der Waals surface area contributed by atoms with Crippen molar-refractivity contribution < 1.29 is 14.3 Å². The third-order valence-electron chi connectivity index (χ3n) is 5.56. The van der Waals surface area contributed by atoms with Crippen molar-refractivity contribution in [1.82, 2.24) is 9.88 Å². The summed E-state index contributed by atoms with van der Waals surface area (Å²) < 4.78 is 13.2. The molecule has 1 aromatic heterocycles. The van der Waals surface area contributed by atoms with Crippen LogP contribution in [-0.4, -0.2) is 47.7 Å². The first-order chi connectivity index (χ1) is 15.8. The molecule has 0 bridgehead atoms. The molecule has 6 heteroatoms. The molecule has 2 aromatic carbocycles. The Morgan fingerprint density at radius 3 is 2.64 bits per heavy atom. The molecule has 2 heterocycles. The quantitative estimate of drug-likeness (QED) is 0.338. The number of benzene rings is 2. The summed E-state index contributed by atoms with van der Waals surface area (Å²) in [6.45, 7) is 7.67. The Bertz CT molecular complexity index is 1090. The van der Waals surface area contributed by atoms with Crippen LogP contribution in [-0.2, 0) is 14.3 Å². The number of hydrogen-bond donors (Lipinski definition) is 0. The summed E-state index contributed by atoms with van der Waals surface area (Å²) in [5, 5.41) is 0.961. The fraction of sp³-hybridized carbons (Fsp3) is 0.407. The van der Waals surface area contributed by atoms with Crippen molar-refractivity contribution in [2.75, 3.05) is 20.1 Å². The molecular weight excluding hydrogens is 432 g/mol. The number of rotatable bonds is 6. The predicted molar refractivity (Wildman–Crippen MR) is 134 cm³/mol. The molecule has 0 radical (unpaired) electrons. The summed E-state index contributed by atoms with van der Waals surface area (Å²) in [5.41, 5.74) is 2.45.